The van der Waals surface area contributed by atoms with Crippen molar-refractivity contribution in [2.45, 2.75) is 26.7 Å². The highest BCUT2D eigenvalue weighted by Crippen LogP contribution is 2.14. The number of rotatable bonds is 6. The maximum absolute atomic E-state index is 10.7. The van der Waals surface area contributed by atoms with Crippen LogP contribution in [0.1, 0.15) is 37.0 Å². The number of carbonyl (C=O) groups is 1. The minimum absolute atomic E-state index is 0.440. The molecule has 1 unspecified atom stereocenters. The number of hydrogen-bond donors (Lipinski definition) is 0. The van der Waals surface area contributed by atoms with Crippen molar-refractivity contribution in [3.63, 3.8) is 0 Å². The monoisotopic (exact) mass is 207 g/mol. The van der Waals surface area contributed by atoms with E-state index in [1.54, 1.807) is 18.3 Å². The smallest absolute Gasteiger partial charge is 0.224 e. The van der Waals surface area contributed by atoms with E-state index in [0.717, 1.165) is 19.1 Å². The lowest BCUT2D eigenvalue weighted by molar-refractivity contribution is 0.111. The molecule has 0 aliphatic carbocycles. The molecular weight excluding hydrogens is 190 g/mol. The summed E-state index contributed by atoms with van der Waals surface area (Å²) in [5.41, 5.74) is 0.515. The highest BCUT2D eigenvalue weighted by Gasteiger charge is 2.06. The molecule has 15 heavy (non-hydrogen) atoms. The molecule has 1 aromatic heterocycles. The summed E-state index contributed by atoms with van der Waals surface area (Å²) in [6.07, 6.45) is 4.68. The average Bonchev–Trinajstić information content (AvgIpc) is 2.27. The van der Waals surface area contributed by atoms with Crippen molar-refractivity contribution in [3.8, 4) is 5.88 Å². The average molecular weight is 207 g/mol. The highest BCUT2D eigenvalue weighted by atomic mass is 16.5. The fourth-order valence-corrected chi connectivity index (χ4v) is 1.41. The van der Waals surface area contributed by atoms with Crippen molar-refractivity contribution in [2.24, 2.45) is 5.92 Å². The van der Waals surface area contributed by atoms with Crippen LogP contribution in [0, 0.1) is 5.92 Å². The first-order valence-corrected chi connectivity index (χ1v) is 5.31. The molecule has 0 saturated carbocycles. The van der Waals surface area contributed by atoms with Gasteiger partial charge >= 0.3 is 0 Å². The Bertz CT molecular complexity index is 312. The van der Waals surface area contributed by atoms with Crippen molar-refractivity contribution in [1.29, 1.82) is 0 Å². The number of ether oxygens (including phenoxy) is 1. The highest BCUT2D eigenvalue weighted by molar-refractivity contribution is 5.77. The number of pyridine rings is 1. The Labute approximate surface area is 90.5 Å². The summed E-state index contributed by atoms with van der Waals surface area (Å²) in [4.78, 5) is 14.7. The van der Waals surface area contributed by atoms with Crippen LogP contribution in [0.4, 0.5) is 0 Å². The first-order chi connectivity index (χ1) is 7.27. The van der Waals surface area contributed by atoms with Crippen LogP contribution in [-0.4, -0.2) is 17.9 Å². The lowest BCUT2D eigenvalue weighted by Crippen LogP contribution is -2.10. The fraction of sp³-hybridized carbons (Fsp3) is 0.500. The molecule has 0 saturated heterocycles. The Balaban J connectivity index is 2.53. The van der Waals surface area contributed by atoms with Crippen LogP contribution in [0.5, 0.6) is 5.88 Å². The van der Waals surface area contributed by atoms with Crippen molar-refractivity contribution < 1.29 is 9.53 Å². The van der Waals surface area contributed by atoms with Crippen molar-refractivity contribution in [1.82, 2.24) is 4.98 Å². The molecule has 1 heterocycles. The van der Waals surface area contributed by atoms with Crippen LogP contribution in [0.3, 0.4) is 0 Å². The molecule has 1 atom stereocenters. The summed E-state index contributed by atoms with van der Waals surface area (Å²) in [6, 6.07) is 3.44. The molecule has 0 amide bonds. The standard InChI is InChI=1S/C12H17NO2/c1-3-5-10(2)9-15-12-11(8-14)6-4-7-13-12/h4,6-8,10H,3,5,9H2,1-2H3. The van der Waals surface area contributed by atoms with Gasteiger partial charge in [0, 0.05) is 6.20 Å². The van der Waals surface area contributed by atoms with Gasteiger partial charge < -0.3 is 4.74 Å². The Hall–Kier alpha value is -1.38. The normalized spacial score (nSPS) is 12.1. The predicted octanol–water partition coefficient (Wildman–Crippen LogP) is 2.71. The molecule has 1 aromatic rings. The first kappa shape index (κ1) is 11.7. The van der Waals surface area contributed by atoms with Gasteiger partial charge in [0.05, 0.1) is 12.2 Å². The van der Waals surface area contributed by atoms with Crippen LogP contribution >= 0.6 is 0 Å². The zero-order chi connectivity index (χ0) is 11.1. The second-order valence-electron chi connectivity index (χ2n) is 3.72. The minimum atomic E-state index is 0.440. The van der Waals surface area contributed by atoms with E-state index in [1.165, 1.54) is 0 Å². The summed E-state index contributed by atoms with van der Waals surface area (Å²) in [5, 5.41) is 0. The van der Waals surface area contributed by atoms with Crippen LogP contribution in [0.25, 0.3) is 0 Å². The molecule has 0 aromatic carbocycles. The van der Waals surface area contributed by atoms with Gasteiger partial charge in [-0.25, -0.2) is 4.98 Å². The van der Waals surface area contributed by atoms with E-state index in [-0.39, 0.29) is 0 Å². The summed E-state index contributed by atoms with van der Waals surface area (Å²) >= 11 is 0. The van der Waals surface area contributed by atoms with Gasteiger partial charge in [0.15, 0.2) is 6.29 Å². The van der Waals surface area contributed by atoms with E-state index in [1.807, 2.05) is 0 Å². The third-order valence-corrected chi connectivity index (χ3v) is 2.21. The van der Waals surface area contributed by atoms with Gasteiger partial charge in [-0.05, 0) is 24.5 Å². The SMILES string of the molecule is CCCC(C)COc1ncccc1C=O. The van der Waals surface area contributed by atoms with Gasteiger partial charge in [-0.3, -0.25) is 4.79 Å². The summed E-state index contributed by atoms with van der Waals surface area (Å²) in [7, 11) is 0. The molecule has 0 radical (unpaired) electrons. The molecule has 82 valence electrons. The van der Waals surface area contributed by atoms with Gasteiger partial charge in [-0.2, -0.15) is 0 Å². The predicted molar refractivity (Wildman–Crippen MR) is 59.2 cm³/mol. The summed E-state index contributed by atoms with van der Waals surface area (Å²) in [5.74, 6) is 0.937. The maximum Gasteiger partial charge on any atom is 0.224 e. The molecule has 0 bridgehead atoms. The molecule has 0 fully saturated rings. The largest absolute Gasteiger partial charge is 0.477 e. The molecule has 0 aliphatic heterocycles. The number of aldehydes is 1. The van der Waals surface area contributed by atoms with E-state index in [0.29, 0.717) is 24.0 Å². The van der Waals surface area contributed by atoms with Crippen LogP contribution < -0.4 is 4.74 Å². The van der Waals surface area contributed by atoms with Crippen LogP contribution in [-0.2, 0) is 0 Å². The van der Waals surface area contributed by atoms with Gasteiger partial charge in [-0.15, -0.1) is 0 Å². The van der Waals surface area contributed by atoms with Crippen LogP contribution in [0.2, 0.25) is 0 Å². The Morgan fingerprint density at radius 1 is 1.60 bits per heavy atom. The topological polar surface area (TPSA) is 39.2 Å². The van der Waals surface area contributed by atoms with E-state index in [9.17, 15) is 4.79 Å². The lowest BCUT2D eigenvalue weighted by atomic mass is 10.1. The molecule has 1 rings (SSSR count). The fourth-order valence-electron chi connectivity index (χ4n) is 1.41. The molecule has 0 N–H and O–H groups in total. The van der Waals surface area contributed by atoms with Crippen LogP contribution in [0.15, 0.2) is 18.3 Å². The zero-order valence-electron chi connectivity index (χ0n) is 9.27. The Morgan fingerprint density at radius 2 is 2.40 bits per heavy atom. The van der Waals surface area contributed by atoms with Crippen molar-refractivity contribution in [2.75, 3.05) is 6.61 Å². The van der Waals surface area contributed by atoms with E-state index >= 15 is 0 Å². The van der Waals surface area contributed by atoms with Crippen molar-refractivity contribution in [3.05, 3.63) is 23.9 Å². The number of aromatic nitrogens is 1. The van der Waals surface area contributed by atoms with Gasteiger partial charge in [0.2, 0.25) is 5.88 Å². The van der Waals surface area contributed by atoms with E-state index in [4.69, 9.17) is 4.74 Å². The Kier molecular flexibility index (Phi) is 4.81. The molecule has 0 aliphatic rings. The number of nitrogens with zero attached hydrogens (tertiary/aromatic N) is 1. The summed E-state index contributed by atoms with van der Waals surface area (Å²) < 4.78 is 5.50. The van der Waals surface area contributed by atoms with Crippen molar-refractivity contribution >= 4 is 6.29 Å². The minimum Gasteiger partial charge on any atom is -0.477 e. The van der Waals surface area contributed by atoms with Gasteiger partial charge in [0.1, 0.15) is 0 Å². The second kappa shape index (κ2) is 6.17. The van der Waals surface area contributed by atoms with Gasteiger partial charge in [0.25, 0.3) is 0 Å². The lowest BCUT2D eigenvalue weighted by Gasteiger charge is -2.11. The van der Waals surface area contributed by atoms with E-state index in [2.05, 4.69) is 18.8 Å². The molecule has 0 spiro atoms. The van der Waals surface area contributed by atoms with Gasteiger partial charge in [-0.1, -0.05) is 20.3 Å². The maximum atomic E-state index is 10.7. The van der Waals surface area contributed by atoms with E-state index < -0.39 is 0 Å². The Morgan fingerprint density at radius 3 is 3.07 bits per heavy atom. The number of carbonyl (C=O) groups excluding carboxylic acids is 1. The molecule has 3 nitrogen and oxygen atoms in total. The first-order valence-electron chi connectivity index (χ1n) is 5.31. The third-order valence-electron chi connectivity index (χ3n) is 2.21. The molecular formula is C12H17NO2. The zero-order valence-corrected chi connectivity index (χ0v) is 9.27. The number of hydrogen-bond acceptors (Lipinski definition) is 3. The quantitative estimate of drug-likeness (QED) is 0.673. The second-order valence-corrected chi connectivity index (χ2v) is 3.72. The molecule has 3 heteroatoms. The summed E-state index contributed by atoms with van der Waals surface area (Å²) in [6.45, 7) is 4.90. The third kappa shape index (κ3) is 3.70.